The van der Waals surface area contributed by atoms with Gasteiger partial charge in [0.05, 0.1) is 0 Å². The lowest BCUT2D eigenvalue weighted by Gasteiger charge is -2.26. The number of hydrogen-bond acceptors (Lipinski definition) is 2. The third kappa shape index (κ3) is 8.03. The normalized spacial score (nSPS) is 9.50. The fourth-order valence-electron chi connectivity index (χ4n) is 1.40. The molecule has 0 aliphatic heterocycles. The highest BCUT2D eigenvalue weighted by molar-refractivity contribution is 8.93. The van der Waals surface area contributed by atoms with E-state index in [1.807, 2.05) is 6.07 Å². The van der Waals surface area contributed by atoms with E-state index in [0.29, 0.717) is 0 Å². The highest BCUT2D eigenvalue weighted by Crippen LogP contribution is 2.18. The second-order valence-corrected chi connectivity index (χ2v) is 4.04. The Morgan fingerprint density at radius 3 is 2.11 bits per heavy atom. The molecule has 0 spiro atoms. The van der Waals surface area contributed by atoms with Crippen LogP contribution >= 0.6 is 17.0 Å². The molecule has 1 aromatic carbocycles. The number of carbonyl (C=O) groups is 1. The van der Waals surface area contributed by atoms with Crippen molar-refractivity contribution in [3.8, 4) is 0 Å². The second-order valence-electron chi connectivity index (χ2n) is 4.04. The maximum atomic E-state index is 9.14. The fourth-order valence-corrected chi connectivity index (χ4v) is 1.40. The van der Waals surface area contributed by atoms with Crippen LogP contribution < -0.4 is 5.32 Å². The molecule has 101 valence electrons. The highest BCUT2D eigenvalue weighted by atomic mass is 79.9. The van der Waals surface area contributed by atoms with Crippen LogP contribution in [-0.4, -0.2) is 12.5 Å². The first kappa shape index (κ1) is 19.2. The van der Waals surface area contributed by atoms with Crippen LogP contribution in [0.15, 0.2) is 43.0 Å². The van der Waals surface area contributed by atoms with Crippen molar-refractivity contribution < 1.29 is 9.90 Å². The third-order valence-electron chi connectivity index (χ3n) is 2.28. The first-order chi connectivity index (χ1) is 7.94. The van der Waals surface area contributed by atoms with E-state index in [9.17, 15) is 0 Å². The van der Waals surface area contributed by atoms with Crippen molar-refractivity contribution in [2.75, 3.05) is 6.54 Å². The Bertz CT molecular complexity index is 350. The summed E-state index contributed by atoms with van der Waals surface area (Å²) in [4.78, 5) is 9.14. The van der Waals surface area contributed by atoms with Crippen molar-refractivity contribution >= 4 is 23.0 Å². The molecule has 3 nitrogen and oxygen atoms in total. The topological polar surface area (TPSA) is 49.0 Å². The fraction of sp³-hybridized carbons (Fsp3) is 0.357. The van der Waals surface area contributed by atoms with Crippen LogP contribution in [-0.2, 0) is 15.4 Å². The summed E-state index contributed by atoms with van der Waals surface area (Å²) in [6.45, 7) is 10.4. The molecule has 18 heavy (non-hydrogen) atoms. The van der Waals surface area contributed by atoms with Crippen molar-refractivity contribution in [1.82, 2.24) is 5.32 Å². The first-order valence-corrected chi connectivity index (χ1v) is 5.58. The molecule has 1 aromatic rings. The Kier molecular flexibility index (Phi) is 10.5. The summed E-state index contributed by atoms with van der Waals surface area (Å²) in [5, 5.41) is 12.6. The van der Waals surface area contributed by atoms with Crippen molar-refractivity contribution in [3.05, 3.63) is 48.6 Å². The molecule has 1 N–H and O–H groups in total. The molecule has 0 unspecified atom stereocenters. The van der Waals surface area contributed by atoms with E-state index < -0.39 is 5.97 Å². The van der Waals surface area contributed by atoms with Gasteiger partial charge in [-0.1, -0.05) is 43.8 Å². The van der Waals surface area contributed by atoms with Crippen molar-refractivity contribution in [2.45, 2.75) is 26.3 Å². The Hall–Kier alpha value is -1.13. The van der Waals surface area contributed by atoms with Gasteiger partial charge in [0.15, 0.2) is 0 Å². The van der Waals surface area contributed by atoms with Gasteiger partial charge in [-0.3, -0.25) is 0 Å². The molecule has 0 atom stereocenters. The maximum absolute atomic E-state index is 9.14. The van der Waals surface area contributed by atoms with E-state index in [1.54, 1.807) is 0 Å². The quantitative estimate of drug-likeness (QED) is 0.867. The summed E-state index contributed by atoms with van der Waals surface area (Å²) in [6.07, 6.45) is 0.722. The minimum atomic E-state index is -1.23. The van der Waals surface area contributed by atoms with E-state index >= 15 is 0 Å². The van der Waals surface area contributed by atoms with Gasteiger partial charge >= 0.3 is 5.97 Å². The van der Waals surface area contributed by atoms with Crippen LogP contribution in [0.2, 0.25) is 0 Å². The van der Waals surface area contributed by atoms with Crippen molar-refractivity contribution in [1.29, 1.82) is 0 Å². The van der Waals surface area contributed by atoms with E-state index in [2.05, 4.69) is 56.9 Å². The van der Waals surface area contributed by atoms with Gasteiger partial charge in [-0.25, -0.2) is 9.90 Å². The molecule has 0 aromatic heterocycles. The molecule has 1 radical (unpaired) electrons. The van der Waals surface area contributed by atoms with Gasteiger partial charge in [0.2, 0.25) is 0 Å². The van der Waals surface area contributed by atoms with Gasteiger partial charge in [-0.15, -0.1) is 17.0 Å². The molecule has 0 amide bonds. The zero-order valence-electron chi connectivity index (χ0n) is 11.1. The number of carbonyl (C=O) groups excluding carboxylic acids is 1. The standard InChI is InChI=1S/C11H17N.C3H3O2.BrH/c1-4-12-11(2,3)10-8-6-5-7-9-10;1-2-3(4)5;/h5-9,12H,4H2,1-3H3;2H,1H2;1H. The number of benzene rings is 1. The molecule has 0 fully saturated rings. The first-order valence-electron chi connectivity index (χ1n) is 5.58. The zero-order chi connectivity index (χ0) is 13.3. The van der Waals surface area contributed by atoms with Crippen LogP contribution in [0.5, 0.6) is 0 Å². The summed E-state index contributed by atoms with van der Waals surface area (Å²) < 4.78 is 0. The largest absolute Gasteiger partial charge is 0.378 e. The van der Waals surface area contributed by atoms with E-state index in [0.717, 1.165) is 12.6 Å². The maximum Gasteiger partial charge on any atom is 0.378 e. The number of nitrogens with one attached hydrogen (secondary N) is 1. The predicted molar refractivity (Wildman–Crippen MR) is 79.4 cm³/mol. The van der Waals surface area contributed by atoms with Gasteiger partial charge < -0.3 is 5.32 Å². The summed E-state index contributed by atoms with van der Waals surface area (Å²) >= 11 is 0. The molecular formula is C14H21BrNO2. The Balaban J connectivity index is 0. The molecule has 0 bridgehead atoms. The van der Waals surface area contributed by atoms with Crippen molar-refractivity contribution in [3.63, 3.8) is 0 Å². The second kappa shape index (κ2) is 9.85. The predicted octanol–water partition coefficient (Wildman–Crippen LogP) is 3.24. The summed E-state index contributed by atoms with van der Waals surface area (Å²) in [5.74, 6) is -1.23. The molecule has 0 aliphatic carbocycles. The molecule has 1 rings (SSSR count). The summed E-state index contributed by atoms with van der Waals surface area (Å²) in [6, 6.07) is 10.5. The summed E-state index contributed by atoms with van der Waals surface area (Å²) in [5.41, 5.74) is 1.43. The molecule has 4 heteroatoms. The third-order valence-corrected chi connectivity index (χ3v) is 2.28. The SMILES string of the molecule is Br.C=CC([O])=O.CCNC(C)(C)c1ccccc1. The average Bonchev–Trinajstić information content (AvgIpc) is 2.31. The zero-order valence-corrected chi connectivity index (χ0v) is 12.8. The molecular weight excluding hydrogens is 294 g/mol. The van der Waals surface area contributed by atoms with Gasteiger partial charge in [0, 0.05) is 11.6 Å². The monoisotopic (exact) mass is 314 g/mol. The number of hydrogen-bond donors (Lipinski definition) is 1. The lowest BCUT2D eigenvalue weighted by molar-refractivity contribution is -0.137. The van der Waals surface area contributed by atoms with Crippen LogP contribution in [0.4, 0.5) is 0 Å². The summed E-state index contributed by atoms with van der Waals surface area (Å²) in [7, 11) is 0. The molecule has 0 heterocycles. The highest BCUT2D eigenvalue weighted by Gasteiger charge is 2.17. The van der Waals surface area contributed by atoms with Gasteiger partial charge in [-0.05, 0) is 26.0 Å². The van der Waals surface area contributed by atoms with Crippen LogP contribution in [0.25, 0.3) is 0 Å². The molecule has 0 saturated heterocycles. The number of rotatable bonds is 4. The van der Waals surface area contributed by atoms with E-state index in [4.69, 9.17) is 9.90 Å². The average molecular weight is 315 g/mol. The van der Waals surface area contributed by atoms with Crippen molar-refractivity contribution in [2.24, 2.45) is 0 Å². The van der Waals surface area contributed by atoms with Gasteiger partial charge in [-0.2, -0.15) is 0 Å². The molecule has 0 saturated carbocycles. The lowest BCUT2D eigenvalue weighted by Crippen LogP contribution is -2.36. The van der Waals surface area contributed by atoms with E-state index in [-0.39, 0.29) is 22.5 Å². The van der Waals surface area contributed by atoms with Crippen LogP contribution in [0.3, 0.4) is 0 Å². The lowest BCUT2D eigenvalue weighted by atomic mass is 9.94. The van der Waals surface area contributed by atoms with E-state index in [1.165, 1.54) is 5.56 Å². The van der Waals surface area contributed by atoms with Gasteiger partial charge in [0.25, 0.3) is 0 Å². The van der Waals surface area contributed by atoms with Crippen LogP contribution in [0, 0.1) is 0 Å². The van der Waals surface area contributed by atoms with Crippen LogP contribution in [0.1, 0.15) is 26.3 Å². The van der Waals surface area contributed by atoms with Gasteiger partial charge in [0.1, 0.15) is 0 Å². The Morgan fingerprint density at radius 2 is 1.78 bits per heavy atom. The molecule has 0 aliphatic rings. The minimum absolute atomic E-state index is 0. The minimum Gasteiger partial charge on any atom is -0.308 e. The number of halogens is 1. The smallest absolute Gasteiger partial charge is 0.308 e. The Morgan fingerprint density at radius 1 is 1.33 bits per heavy atom. The Labute approximate surface area is 120 Å².